The molecule has 2 aromatic heterocycles. The van der Waals surface area contributed by atoms with Gasteiger partial charge in [0.1, 0.15) is 5.39 Å². The average Bonchev–Trinajstić information content (AvgIpc) is 3.20. The molecule has 152 valence electrons. The van der Waals surface area contributed by atoms with Gasteiger partial charge < -0.3 is 5.32 Å². The SMILES string of the molecule is O=c1[nH]c(NC2CCCN(Cc3ccccc3)C2)nc2c1cnn2-c1ccccc1. The van der Waals surface area contributed by atoms with E-state index in [1.165, 1.54) is 5.56 Å². The average molecular weight is 400 g/mol. The van der Waals surface area contributed by atoms with Crippen LogP contribution < -0.4 is 10.9 Å². The molecular weight excluding hydrogens is 376 g/mol. The predicted molar refractivity (Wildman–Crippen MR) is 118 cm³/mol. The number of anilines is 1. The molecule has 0 amide bonds. The number of piperidine rings is 1. The second kappa shape index (κ2) is 8.12. The van der Waals surface area contributed by atoms with E-state index in [1.807, 2.05) is 36.4 Å². The molecule has 4 aromatic rings. The maximum absolute atomic E-state index is 12.6. The molecule has 0 radical (unpaired) electrons. The number of likely N-dealkylation sites (tertiary alicyclic amines) is 1. The lowest BCUT2D eigenvalue weighted by Crippen LogP contribution is -2.42. The number of aromatic nitrogens is 4. The van der Waals surface area contributed by atoms with E-state index >= 15 is 0 Å². The zero-order chi connectivity index (χ0) is 20.3. The van der Waals surface area contributed by atoms with E-state index in [1.54, 1.807) is 10.9 Å². The van der Waals surface area contributed by atoms with Crippen LogP contribution in [0.3, 0.4) is 0 Å². The van der Waals surface area contributed by atoms with Gasteiger partial charge in [-0.05, 0) is 37.1 Å². The van der Waals surface area contributed by atoms with Crippen molar-refractivity contribution in [3.63, 3.8) is 0 Å². The fraction of sp³-hybridized carbons (Fsp3) is 0.261. The Morgan fingerprint density at radius 2 is 1.83 bits per heavy atom. The largest absolute Gasteiger partial charge is 0.352 e. The molecule has 0 spiro atoms. The number of aromatic amines is 1. The monoisotopic (exact) mass is 400 g/mol. The van der Waals surface area contributed by atoms with E-state index in [2.05, 4.69) is 44.6 Å². The summed E-state index contributed by atoms with van der Waals surface area (Å²) in [5.41, 5.74) is 2.58. The summed E-state index contributed by atoms with van der Waals surface area (Å²) in [6, 6.07) is 20.5. The molecule has 2 aromatic carbocycles. The zero-order valence-electron chi connectivity index (χ0n) is 16.7. The topological polar surface area (TPSA) is 78.8 Å². The first-order valence-electron chi connectivity index (χ1n) is 10.3. The summed E-state index contributed by atoms with van der Waals surface area (Å²) in [7, 11) is 0. The maximum Gasteiger partial charge on any atom is 0.263 e. The van der Waals surface area contributed by atoms with Crippen LogP contribution in [-0.2, 0) is 6.54 Å². The standard InChI is InChI=1S/C23H24N6O/c30-22-20-14-24-29(19-11-5-2-6-12-19)21(20)26-23(27-22)25-18-10-7-13-28(16-18)15-17-8-3-1-4-9-17/h1-6,8-9,11-12,14,18H,7,10,13,15-16H2,(H2,25,26,27,30). The summed E-state index contributed by atoms with van der Waals surface area (Å²) in [6.45, 7) is 2.92. The highest BCUT2D eigenvalue weighted by atomic mass is 16.1. The number of para-hydroxylation sites is 1. The van der Waals surface area contributed by atoms with Crippen molar-refractivity contribution in [1.82, 2.24) is 24.6 Å². The first-order chi connectivity index (χ1) is 14.8. The van der Waals surface area contributed by atoms with Gasteiger partial charge in [0.25, 0.3) is 5.56 Å². The fourth-order valence-electron chi connectivity index (χ4n) is 4.10. The van der Waals surface area contributed by atoms with Gasteiger partial charge in [-0.1, -0.05) is 48.5 Å². The van der Waals surface area contributed by atoms with Gasteiger partial charge in [-0.15, -0.1) is 0 Å². The Balaban J connectivity index is 1.36. The zero-order valence-corrected chi connectivity index (χ0v) is 16.7. The van der Waals surface area contributed by atoms with E-state index in [-0.39, 0.29) is 11.6 Å². The Morgan fingerprint density at radius 3 is 2.63 bits per heavy atom. The minimum Gasteiger partial charge on any atom is -0.352 e. The Hall–Kier alpha value is -3.45. The van der Waals surface area contributed by atoms with Gasteiger partial charge in [0.2, 0.25) is 5.95 Å². The fourth-order valence-corrected chi connectivity index (χ4v) is 4.10. The van der Waals surface area contributed by atoms with Crippen LogP contribution in [0.25, 0.3) is 16.7 Å². The number of hydrogen-bond acceptors (Lipinski definition) is 5. The van der Waals surface area contributed by atoms with Crippen LogP contribution in [0.4, 0.5) is 5.95 Å². The molecule has 1 unspecified atom stereocenters. The molecule has 5 rings (SSSR count). The maximum atomic E-state index is 12.6. The first kappa shape index (κ1) is 18.6. The molecular formula is C23H24N6O. The van der Waals surface area contributed by atoms with Crippen LogP contribution in [0, 0.1) is 0 Å². The molecule has 7 nitrogen and oxygen atoms in total. The lowest BCUT2D eigenvalue weighted by atomic mass is 10.0. The molecule has 1 aliphatic heterocycles. The molecule has 0 saturated carbocycles. The normalized spacial score (nSPS) is 17.3. The number of nitrogens with zero attached hydrogens (tertiary/aromatic N) is 4. The summed E-state index contributed by atoms with van der Waals surface area (Å²) < 4.78 is 1.71. The van der Waals surface area contributed by atoms with Gasteiger partial charge in [-0.25, -0.2) is 4.68 Å². The van der Waals surface area contributed by atoms with Crippen molar-refractivity contribution < 1.29 is 0 Å². The van der Waals surface area contributed by atoms with Crippen molar-refractivity contribution in [3.05, 3.63) is 82.8 Å². The molecule has 1 saturated heterocycles. The molecule has 1 aliphatic rings. The van der Waals surface area contributed by atoms with E-state index in [9.17, 15) is 4.79 Å². The Labute approximate surface area is 174 Å². The lowest BCUT2D eigenvalue weighted by Gasteiger charge is -2.33. The van der Waals surface area contributed by atoms with E-state index in [4.69, 9.17) is 4.98 Å². The number of fused-ring (bicyclic) bond motifs is 1. The Morgan fingerprint density at radius 1 is 1.07 bits per heavy atom. The number of rotatable bonds is 5. The molecule has 0 bridgehead atoms. The van der Waals surface area contributed by atoms with Crippen LogP contribution in [0.2, 0.25) is 0 Å². The van der Waals surface area contributed by atoms with E-state index in [0.29, 0.717) is 17.0 Å². The number of benzene rings is 2. The van der Waals surface area contributed by atoms with Gasteiger partial charge in [0, 0.05) is 19.1 Å². The smallest absolute Gasteiger partial charge is 0.263 e. The van der Waals surface area contributed by atoms with Crippen LogP contribution in [0.1, 0.15) is 18.4 Å². The number of H-pyrrole nitrogens is 1. The Bertz CT molecular complexity index is 1180. The number of nitrogens with one attached hydrogen (secondary N) is 2. The van der Waals surface area contributed by atoms with Crippen molar-refractivity contribution in [2.45, 2.75) is 25.4 Å². The third-order valence-corrected chi connectivity index (χ3v) is 5.53. The van der Waals surface area contributed by atoms with E-state index < -0.39 is 0 Å². The third-order valence-electron chi connectivity index (χ3n) is 5.53. The Kier molecular flexibility index (Phi) is 5.03. The van der Waals surface area contributed by atoms with Crippen LogP contribution in [0.5, 0.6) is 0 Å². The van der Waals surface area contributed by atoms with Gasteiger partial charge in [0.15, 0.2) is 5.65 Å². The molecule has 30 heavy (non-hydrogen) atoms. The van der Waals surface area contributed by atoms with Crippen molar-refractivity contribution in [2.75, 3.05) is 18.4 Å². The minimum absolute atomic E-state index is 0.179. The van der Waals surface area contributed by atoms with Gasteiger partial charge >= 0.3 is 0 Å². The molecule has 0 aliphatic carbocycles. The van der Waals surface area contributed by atoms with E-state index in [0.717, 1.165) is 38.2 Å². The highest BCUT2D eigenvalue weighted by Gasteiger charge is 2.21. The third kappa shape index (κ3) is 3.84. The highest BCUT2D eigenvalue weighted by Crippen LogP contribution is 2.18. The lowest BCUT2D eigenvalue weighted by molar-refractivity contribution is 0.208. The quantitative estimate of drug-likeness (QED) is 0.538. The first-order valence-corrected chi connectivity index (χ1v) is 10.3. The van der Waals surface area contributed by atoms with Crippen molar-refractivity contribution in [3.8, 4) is 5.69 Å². The highest BCUT2D eigenvalue weighted by molar-refractivity contribution is 5.76. The second-order valence-corrected chi connectivity index (χ2v) is 7.75. The number of hydrogen-bond donors (Lipinski definition) is 2. The van der Waals surface area contributed by atoms with Crippen LogP contribution >= 0.6 is 0 Å². The molecule has 2 N–H and O–H groups in total. The summed E-state index contributed by atoms with van der Waals surface area (Å²) in [5, 5.41) is 8.30. The minimum atomic E-state index is -0.179. The van der Waals surface area contributed by atoms with Crippen LogP contribution in [0.15, 0.2) is 71.7 Å². The van der Waals surface area contributed by atoms with Crippen molar-refractivity contribution in [2.24, 2.45) is 0 Å². The summed E-state index contributed by atoms with van der Waals surface area (Å²) in [4.78, 5) is 22.6. The van der Waals surface area contributed by atoms with Gasteiger partial charge in [0.05, 0.1) is 11.9 Å². The molecule has 7 heteroatoms. The summed E-state index contributed by atoms with van der Waals surface area (Å²) in [6.07, 6.45) is 3.73. The van der Waals surface area contributed by atoms with Gasteiger partial charge in [-0.3, -0.25) is 14.7 Å². The summed E-state index contributed by atoms with van der Waals surface area (Å²) in [5.74, 6) is 0.497. The summed E-state index contributed by atoms with van der Waals surface area (Å²) >= 11 is 0. The molecule has 3 heterocycles. The van der Waals surface area contributed by atoms with Gasteiger partial charge in [-0.2, -0.15) is 10.1 Å². The molecule has 1 atom stereocenters. The molecule has 1 fully saturated rings. The van der Waals surface area contributed by atoms with Crippen molar-refractivity contribution in [1.29, 1.82) is 0 Å². The van der Waals surface area contributed by atoms with Crippen molar-refractivity contribution >= 4 is 17.0 Å². The van der Waals surface area contributed by atoms with Crippen LogP contribution in [-0.4, -0.2) is 43.8 Å². The predicted octanol–water partition coefficient (Wildman–Crippen LogP) is 3.19. The second-order valence-electron chi connectivity index (χ2n) is 7.75.